The zero-order chi connectivity index (χ0) is 16.7. The Hall–Kier alpha value is -1.91. The fraction of sp³-hybridized carbons (Fsp3) is 0.421. The van der Waals surface area contributed by atoms with Crippen molar-refractivity contribution in [3.05, 3.63) is 59.4 Å². The number of aromatic nitrogens is 1. The molecular formula is C19H26N2O2. The minimum Gasteiger partial charge on any atom is -0.491 e. The minimum atomic E-state index is -0.511. The minimum absolute atomic E-state index is 0.304. The lowest BCUT2D eigenvalue weighted by atomic mass is 10.1. The van der Waals surface area contributed by atoms with Gasteiger partial charge in [0.15, 0.2) is 0 Å². The van der Waals surface area contributed by atoms with Gasteiger partial charge >= 0.3 is 0 Å². The first kappa shape index (κ1) is 17.4. The van der Waals surface area contributed by atoms with Crippen LogP contribution in [-0.4, -0.2) is 47.8 Å². The van der Waals surface area contributed by atoms with E-state index in [0.717, 1.165) is 35.5 Å². The van der Waals surface area contributed by atoms with Crippen LogP contribution in [0.15, 0.2) is 42.6 Å². The second kappa shape index (κ2) is 8.65. The third kappa shape index (κ3) is 6.00. The molecule has 124 valence electrons. The number of aliphatic hydroxyl groups excluding tert-OH is 1. The molecule has 1 unspecified atom stereocenters. The first-order valence-corrected chi connectivity index (χ1v) is 8.01. The Balaban J connectivity index is 1.73. The van der Waals surface area contributed by atoms with E-state index in [1.165, 1.54) is 0 Å². The Morgan fingerprint density at radius 2 is 2.04 bits per heavy atom. The second-order valence-electron chi connectivity index (χ2n) is 6.07. The summed E-state index contributed by atoms with van der Waals surface area (Å²) in [5, 5.41) is 10.2. The highest BCUT2D eigenvalue weighted by molar-refractivity contribution is 5.35. The lowest BCUT2D eigenvalue weighted by molar-refractivity contribution is 0.0763. The average molecular weight is 314 g/mol. The van der Waals surface area contributed by atoms with Crippen molar-refractivity contribution in [1.29, 1.82) is 0 Å². The van der Waals surface area contributed by atoms with E-state index in [-0.39, 0.29) is 0 Å². The molecule has 1 atom stereocenters. The standard InChI is InChI=1S/C19H26N2O2/c1-15-7-8-16(2)19(12-15)23-14-18(22)13-21(3)11-9-17-6-4-5-10-20-17/h4-8,10,12,18,22H,9,11,13-14H2,1-3H3. The molecular weight excluding hydrogens is 288 g/mol. The monoisotopic (exact) mass is 314 g/mol. The summed E-state index contributed by atoms with van der Waals surface area (Å²) in [6.45, 7) is 5.79. The van der Waals surface area contributed by atoms with Crippen LogP contribution in [0.3, 0.4) is 0 Å². The zero-order valence-corrected chi connectivity index (χ0v) is 14.2. The van der Waals surface area contributed by atoms with Gasteiger partial charge in [-0.2, -0.15) is 0 Å². The van der Waals surface area contributed by atoms with Crippen molar-refractivity contribution >= 4 is 0 Å². The number of hydrogen-bond acceptors (Lipinski definition) is 4. The number of nitrogens with zero attached hydrogens (tertiary/aromatic N) is 2. The Labute approximate surface area is 138 Å². The molecule has 0 bridgehead atoms. The van der Waals surface area contributed by atoms with E-state index in [4.69, 9.17) is 4.74 Å². The number of pyridine rings is 1. The molecule has 0 aliphatic heterocycles. The molecule has 0 saturated heterocycles. The van der Waals surface area contributed by atoms with Crippen molar-refractivity contribution in [2.75, 3.05) is 26.7 Å². The van der Waals surface area contributed by atoms with Crippen molar-refractivity contribution < 1.29 is 9.84 Å². The van der Waals surface area contributed by atoms with Crippen LogP contribution in [0, 0.1) is 13.8 Å². The number of likely N-dealkylation sites (N-methyl/N-ethyl adjacent to an activating group) is 1. The van der Waals surface area contributed by atoms with Gasteiger partial charge in [0.1, 0.15) is 18.5 Å². The molecule has 0 fully saturated rings. The van der Waals surface area contributed by atoms with Gasteiger partial charge in [0, 0.05) is 31.4 Å². The molecule has 0 spiro atoms. The molecule has 1 aromatic heterocycles. The summed E-state index contributed by atoms with van der Waals surface area (Å²) in [7, 11) is 2.00. The SMILES string of the molecule is Cc1ccc(C)c(OCC(O)CN(C)CCc2ccccn2)c1. The Morgan fingerprint density at radius 3 is 2.78 bits per heavy atom. The van der Waals surface area contributed by atoms with Crippen molar-refractivity contribution in [2.45, 2.75) is 26.4 Å². The van der Waals surface area contributed by atoms with Crippen LogP contribution < -0.4 is 4.74 Å². The maximum absolute atomic E-state index is 10.2. The molecule has 0 amide bonds. The Morgan fingerprint density at radius 1 is 1.22 bits per heavy atom. The molecule has 23 heavy (non-hydrogen) atoms. The van der Waals surface area contributed by atoms with E-state index < -0.39 is 6.10 Å². The van der Waals surface area contributed by atoms with E-state index in [2.05, 4.69) is 16.0 Å². The highest BCUT2D eigenvalue weighted by Crippen LogP contribution is 2.19. The molecule has 4 nitrogen and oxygen atoms in total. The predicted molar refractivity (Wildman–Crippen MR) is 92.9 cm³/mol. The third-order valence-corrected chi connectivity index (χ3v) is 3.77. The first-order chi connectivity index (χ1) is 11.0. The number of aliphatic hydroxyl groups is 1. The van der Waals surface area contributed by atoms with Crippen LogP contribution in [0.5, 0.6) is 5.75 Å². The third-order valence-electron chi connectivity index (χ3n) is 3.77. The van der Waals surface area contributed by atoms with Gasteiger partial charge in [0.05, 0.1) is 0 Å². The topological polar surface area (TPSA) is 45.6 Å². The molecule has 0 aliphatic rings. The number of aryl methyl sites for hydroxylation is 2. The summed E-state index contributed by atoms with van der Waals surface area (Å²) in [5.41, 5.74) is 3.32. The Kier molecular flexibility index (Phi) is 6.56. The largest absolute Gasteiger partial charge is 0.491 e. The summed E-state index contributed by atoms with van der Waals surface area (Å²) >= 11 is 0. The summed E-state index contributed by atoms with van der Waals surface area (Å²) in [5.74, 6) is 0.847. The van der Waals surface area contributed by atoms with E-state index in [0.29, 0.717) is 13.2 Å². The molecule has 4 heteroatoms. The van der Waals surface area contributed by atoms with Gasteiger partial charge in [-0.05, 0) is 50.2 Å². The van der Waals surface area contributed by atoms with Crippen molar-refractivity contribution in [3.63, 3.8) is 0 Å². The van der Waals surface area contributed by atoms with Crippen molar-refractivity contribution in [3.8, 4) is 5.75 Å². The molecule has 0 saturated carbocycles. The van der Waals surface area contributed by atoms with Gasteiger partial charge in [-0.15, -0.1) is 0 Å². The van der Waals surface area contributed by atoms with Gasteiger partial charge in [0.25, 0.3) is 0 Å². The number of benzene rings is 1. The zero-order valence-electron chi connectivity index (χ0n) is 14.2. The van der Waals surface area contributed by atoms with Crippen molar-refractivity contribution in [2.24, 2.45) is 0 Å². The van der Waals surface area contributed by atoms with E-state index in [9.17, 15) is 5.11 Å². The maximum Gasteiger partial charge on any atom is 0.122 e. The van der Waals surface area contributed by atoms with Crippen LogP contribution in [0.25, 0.3) is 0 Å². The van der Waals surface area contributed by atoms with E-state index in [1.54, 1.807) is 0 Å². The van der Waals surface area contributed by atoms with Crippen molar-refractivity contribution in [1.82, 2.24) is 9.88 Å². The highest BCUT2D eigenvalue weighted by Gasteiger charge is 2.10. The van der Waals surface area contributed by atoms with Gasteiger partial charge in [-0.3, -0.25) is 4.98 Å². The molecule has 2 aromatic rings. The van der Waals surface area contributed by atoms with Gasteiger partial charge < -0.3 is 14.7 Å². The molecule has 1 N–H and O–H groups in total. The molecule has 0 radical (unpaired) electrons. The molecule has 2 rings (SSSR count). The molecule has 0 aliphatic carbocycles. The normalized spacial score (nSPS) is 12.4. The van der Waals surface area contributed by atoms with Gasteiger partial charge in [-0.25, -0.2) is 0 Å². The number of rotatable bonds is 8. The number of ether oxygens (including phenoxy) is 1. The van der Waals surface area contributed by atoms with Crippen LogP contribution in [0.1, 0.15) is 16.8 Å². The van der Waals surface area contributed by atoms with Crippen LogP contribution >= 0.6 is 0 Å². The molecule has 1 aromatic carbocycles. The van der Waals surface area contributed by atoms with Gasteiger partial charge in [0.2, 0.25) is 0 Å². The highest BCUT2D eigenvalue weighted by atomic mass is 16.5. The van der Waals surface area contributed by atoms with Crippen LogP contribution in [0.2, 0.25) is 0 Å². The number of hydrogen-bond donors (Lipinski definition) is 1. The lowest BCUT2D eigenvalue weighted by Gasteiger charge is -2.21. The first-order valence-electron chi connectivity index (χ1n) is 8.01. The van der Waals surface area contributed by atoms with Crippen LogP contribution in [0.4, 0.5) is 0 Å². The molecule has 1 heterocycles. The smallest absolute Gasteiger partial charge is 0.122 e. The lowest BCUT2D eigenvalue weighted by Crippen LogP contribution is -2.34. The van der Waals surface area contributed by atoms with Crippen LogP contribution in [-0.2, 0) is 6.42 Å². The second-order valence-corrected chi connectivity index (χ2v) is 6.07. The average Bonchev–Trinajstić information content (AvgIpc) is 2.55. The van der Waals surface area contributed by atoms with Gasteiger partial charge in [-0.1, -0.05) is 18.2 Å². The quantitative estimate of drug-likeness (QED) is 0.813. The summed E-state index contributed by atoms with van der Waals surface area (Å²) in [6, 6.07) is 12.0. The van der Waals surface area contributed by atoms with E-state index >= 15 is 0 Å². The summed E-state index contributed by atoms with van der Waals surface area (Å²) in [6.07, 6.45) is 2.17. The maximum atomic E-state index is 10.2. The fourth-order valence-corrected chi connectivity index (χ4v) is 2.40. The predicted octanol–water partition coefficient (Wildman–Crippen LogP) is 2.61. The summed E-state index contributed by atoms with van der Waals surface area (Å²) < 4.78 is 5.75. The summed E-state index contributed by atoms with van der Waals surface area (Å²) in [4.78, 5) is 6.41. The Bertz CT molecular complexity index is 602. The van der Waals surface area contributed by atoms with E-state index in [1.807, 2.05) is 57.4 Å². The fourth-order valence-electron chi connectivity index (χ4n) is 2.40.